The SMILES string of the molecule is C/C=C/c1cnc2c(c1)C(=O)N([C@@H](C)CO)C[C@H](C)[C@@H](CN(C)S(=O)(=O)c1ccc(OC)cc1)O2. The van der Waals surface area contributed by atoms with Crippen molar-refractivity contribution in [2.45, 2.75) is 37.8 Å². The number of fused-ring (bicyclic) bond motifs is 1. The molecule has 0 radical (unpaired) electrons. The number of methoxy groups -OCH3 is 1. The van der Waals surface area contributed by atoms with E-state index in [0.29, 0.717) is 5.75 Å². The first-order chi connectivity index (χ1) is 16.6. The predicted molar refractivity (Wildman–Crippen MR) is 133 cm³/mol. The number of aliphatic hydroxyl groups is 1. The molecule has 9 nitrogen and oxygen atoms in total. The second kappa shape index (κ2) is 11.2. The third-order valence-corrected chi connectivity index (χ3v) is 7.94. The molecule has 0 spiro atoms. The molecule has 1 aromatic heterocycles. The molecule has 2 aromatic rings. The van der Waals surface area contributed by atoms with Crippen LogP contribution in [0, 0.1) is 5.92 Å². The van der Waals surface area contributed by atoms with Crippen LogP contribution in [-0.4, -0.2) is 79.6 Å². The topological polar surface area (TPSA) is 109 Å². The third kappa shape index (κ3) is 5.83. The fourth-order valence-corrected chi connectivity index (χ4v) is 5.08. The van der Waals surface area contributed by atoms with Gasteiger partial charge in [0.05, 0.1) is 31.2 Å². The van der Waals surface area contributed by atoms with Gasteiger partial charge in [-0.1, -0.05) is 19.1 Å². The van der Waals surface area contributed by atoms with Crippen molar-refractivity contribution < 1.29 is 27.8 Å². The molecule has 0 aliphatic carbocycles. The van der Waals surface area contributed by atoms with Crippen LogP contribution in [0.1, 0.15) is 36.7 Å². The number of benzene rings is 1. The Labute approximate surface area is 207 Å². The van der Waals surface area contributed by atoms with Crippen molar-refractivity contribution in [3.63, 3.8) is 0 Å². The van der Waals surface area contributed by atoms with Crippen LogP contribution < -0.4 is 9.47 Å². The van der Waals surface area contributed by atoms with E-state index in [-0.39, 0.29) is 47.9 Å². The van der Waals surface area contributed by atoms with Crippen LogP contribution in [0.2, 0.25) is 0 Å². The van der Waals surface area contributed by atoms with Gasteiger partial charge < -0.3 is 19.5 Å². The zero-order chi connectivity index (χ0) is 25.8. The number of likely N-dealkylation sites (N-methyl/N-ethyl adjacent to an activating group) is 1. The summed E-state index contributed by atoms with van der Waals surface area (Å²) in [5.74, 6) is 0.174. The van der Waals surface area contributed by atoms with Crippen LogP contribution in [0.3, 0.4) is 0 Å². The van der Waals surface area contributed by atoms with Crippen LogP contribution >= 0.6 is 0 Å². The van der Waals surface area contributed by atoms with Crippen LogP contribution in [0.25, 0.3) is 6.08 Å². The molecule has 190 valence electrons. The second-order valence-electron chi connectivity index (χ2n) is 8.71. The molecule has 2 heterocycles. The van der Waals surface area contributed by atoms with Gasteiger partial charge in [-0.25, -0.2) is 13.4 Å². The fraction of sp³-hybridized carbons (Fsp3) is 0.440. The van der Waals surface area contributed by atoms with Gasteiger partial charge in [0.15, 0.2) is 0 Å². The van der Waals surface area contributed by atoms with Crippen LogP contribution in [0.5, 0.6) is 11.6 Å². The first kappa shape index (κ1) is 26.7. The molecule has 0 saturated heterocycles. The van der Waals surface area contributed by atoms with E-state index in [4.69, 9.17) is 9.47 Å². The van der Waals surface area contributed by atoms with Crippen molar-refractivity contribution in [2.75, 3.05) is 33.9 Å². The molecule has 1 aromatic carbocycles. The Morgan fingerprint density at radius 1 is 1.34 bits per heavy atom. The summed E-state index contributed by atoms with van der Waals surface area (Å²) in [6.07, 6.45) is 4.69. The average molecular weight is 504 g/mol. The summed E-state index contributed by atoms with van der Waals surface area (Å²) in [4.78, 5) is 19.5. The number of carbonyl (C=O) groups excluding carboxylic acids is 1. The largest absolute Gasteiger partial charge is 0.497 e. The normalized spacial score (nSPS) is 19.7. The molecule has 0 saturated carbocycles. The number of nitrogens with zero attached hydrogens (tertiary/aromatic N) is 3. The van der Waals surface area contributed by atoms with Gasteiger partial charge in [-0.05, 0) is 49.7 Å². The van der Waals surface area contributed by atoms with E-state index in [1.807, 2.05) is 26.0 Å². The summed E-state index contributed by atoms with van der Waals surface area (Å²) in [5.41, 5.74) is 1.02. The lowest BCUT2D eigenvalue weighted by Crippen LogP contribution is -2.50. The van der Waals surface area contributed by atoms with Crippen molar-refractivity contribution in [3.8, 4) is 11.6 Å². The number of pyridine rings is 1. The number of ether oxygens (including phenoxy) is 2. The zero-order valence-electron chi connectivity index (χ0n) is 20.7. The Hall–Kier alpha value is -2.95. The zero-order valence-corrected chi connectivity index (χ0v) is 21.5. The molecule has 3 atom stereocenters. The molecule has 1 aliphatic rings. The summed E-state index contributed by atoms with van der Waals surface area (Å²) >= 11 is 0. The molecule has 1 amide bonds. The molecule has 0 fully saturated rings. The molecule has 3 rings (SSSR count). The summed E-state index contributed by atoms with van der Waals surface area (Å²) < 4.78 is 39.0. The van der Waals surface area contributed by atoms with E-state index in [1.54, 1.807) is 36.2 Å². The van der Waals surface area contributed by atoms with Crippen molar-refractivity contribution in [1.29, 1.82) is 0 Å². The standard InChI is InChI=1S/C25H33N3O6S/c1-6-7-19-12-22-24(26-13-19)34-23(17(2)14-28(25(22)30)18(3)16-29)15-27(4)35(31,32)21-10-8-20(33-5)9-11-21/h6-13,17-18,23,29H,14-16H2,1-5H3/b7-6+/t17-,18-,23+/m0/s1. The fourth-order valence-electron chi connectivity index (χ4n) is 3.90. The number of amides is 1. The van der Waals surface area contributed by atoms with Gasteiger partial charge in [0.2, 0.25) is 15.9 Å². The predicted octanol–water partition coefficient (Wildman–Crippen LogP) is 2.66. The second-order valence-corrected chi connectivity index (χ2v) is 10.8. The first-order valence-corrected chi connectivity index (χ1v) is 12.9. The van der Waals surface area contributed by atoms with E-state index in [1.165, 1.54) is 30.6 Å². The van der Waals surface area contributed by atoms with Crippen molar-refractivity contribution in [3.05, 3.63) is 53.7 Å². The number of aliphatic hydroxyl groups excluding tert-OH is 1. The highest BCUT2D eigenvalue weighted by atomic mass is 32.2. The monoisotopic (exact) mass is 503 g/mol. The number of carbonyl (C=O) groups is 1. The molecule has 10 heteroatoms. The van der Waals surface area contributed by atoms with E-state index < -0.39 is 22.2 Å². The van der Waals surface area contributed by atoms with Crippen molar-refractivity contribution in [2.24, 2.45) is 5.92 Å². The van der Waals surface area contributed by atoms with Crippen molar-refractivity contribution >= 4 is 22.0 Å². The highest BCUT2D eigenvalue weighted by molar-refractivity contribution is 7.89. The average Bonchev–Trinajstić information content (AvgIpc) is 2.86. The Bertz CT molecular complexity index is 1170. The van der Waals surface area contributed by atoms with Crippen LogP contribution in [-0.2, 0) is 10.0 Å². The lowest BCUT2D eigenvalue weighted by Gasteiger charge is -2.37. The summed E-state index contributed by atoms with van der Waals surface area (Å²) in [6, 6.07) is 7.46. The number of aromatic nitrogens is 1. The van der Waals surface area contributed by atoms with Gasteiger partial charge in [-0.15, -0.1) is 0 Å². The van der Waals surface area contributed by atoms with Gasteiger partial charge in [-0.2, -0.15) is 4.31 Å². The molecular weight excluding hydrogens is 470 g/mol. The molecule has 0 bridgehead atoms. The summed E-state index contributed by atoms with van der Waals surface area (Å²) in [6.45, 7) is 5.66. The number of hydrogen-bond acceptors (Lipinski definition) is 7. The molecule has 35 heavy (non-hydrogen) atoms. The number of rotatable bonds is 8. The van der Waals surface area contributed by atoms with E-state index >= 15 is 0 Å². The number of allylic oxidation sites excluding steroid dienone is 1. The van der Waals surface area contributed by atoms with Gasteiger partial charge >= 0.3 is 0 Å². The third-order valence-electron chi connectivity index (χ3n) is 6.11. The minimum atomic E-state index is -3.80. The highest BCUT2D eigenvalue weighted by Gasteiger charge is 2.35. The molecular formula is C25H33N3O6S. The maximum Gasteiger partial charge on any atom is 0.259 e. The van der Waals surface area contributed by atoms with E-state index in [9.17, 15) is 18.3 Å². The summed E-state index contributed by atoms with van der Waals surface area (Å²) in [5, 5.41) is 9.77. The smallest absolute Gasteiger partial charge is 0.259 e. The van der Waals surface area contributed by atoms with Crippen LogP contribution in [0.4, 0.5) is 0 Å². The molecule has 1 aliphatic heterocycles. The molecule has 0 unspecified atom stereocenters. The number of hydrogen-bond donors (Lipinski definition) is 1. The Balaban J connectivity index is 1.95. The van der Waals surface area contributed by atoms with Crippen molar-refractivity contribution in [1.82, 2.24) is 14.2 Å². The van der Waals surface area contributed by atoms with Gasteiger partial charge in [0, 0.05) is 25.7 Å². The minimum Gasteiger partial charge on any atom is -0.497 e. The first-order valence-electron chi connectivity index (χ1n) is 11.4. The van der Waals surface area contributed by atoms with E-state index in [0.717, 1.165) is 5.56 Å². The quantitative estimate of drug-likeness (QED) is 0.590. The van der Waals surface area contributed by atoms with E-state index in [2.05, 4.69) is 4.98 Å². The maximum absolute atomic E-state index is 13.4. The lowest BCUT2D eigenvalue weighted by molar-refractivity contribution is 0.0373. The lowest BCUT2D eigenvalue weighted by atomic mass is 10.00. The van der Waals surface area contributed by atoms with Gasteiger partial charge in [0.25, 0.3) is 5.91 Å². The Kier molecular flexibility index (Phi) is 8.52. The minimum absolute atomic E-state index is 0.0444. The Morgan fingerprint density at radius 3 is 2.63 bits per heavy atom. The van der Waals surface area contributed by atoms with Gasteiger partial charge in [-0.3, -0.25) is 4.79 Å². The summed E-state index contributed by atoms with van der Waals surface area (Å²) in [7, 11) is -0.784. The highest BCUT2D eigenvalue weighted by Crippen LogP contribution is 2.28. The maximum atomic E-state index is 13.4. The Morgan fingerprint density at radius 2 is 2.03 bits per heavy atom. The van der Waals surface area contributed by atoms with Gasteiger partial charge in [0.1, 0.15) is 17.4 Å². The number of sulfonamides is 1. The van der Waals surface area contributed by atoms with Crippen LogP contribution in [0.15, 0.2) is 47.5 Å². The molecule has 1 N–H and O–H groups in total.